The van der Waals surface area contributed by atoms with Crippen LogP contribution in [0.15, 0.2) is 0 Å². The number of sulfonamides is 1. The van der Waals surface area contributed by atoms with Crippen molar-refractivity contribution in [3.8, 4) is 0 Å². The molecule has 12 heavy (non-hydrogen) atoms. The number of aliphatic hydroxyl groups excluding tert-OH is 1. The summed E-state index contributed by atoms with van der Waals surface area (Å²) >= 11 is 0. The highest BCUT2D eigenvalue weighted by Gasteiger charge is 2.33. The van der Waals surface area contributed by atoms with E-state index in [9.17, 15) is 8.42 Å². The smallest absolute Gasteiger partial charge is 0.214 e. The number of aliphatic hydroxyl groups is 1. The molecule has 0 aliphatic heterocycles. The lowest BCUT2D eigenvalue weighted by molar-refractivity contribution is 0.0611. The van der Waals surface area contributed by atoms with E-state index < -0.39 is 21.4 Å². The normalized spacial score (nSPS) is 30.3. The zero-order valence-electron chi connectivity index (χ0n) is 7.32. The van der Waals surface area contributed by atoms with Gasteiger partial charge in [0.05, 0.1) is 11.4 Å². The van der Waals surface area contributed by atoms with E-state index in [4.69, 9.17) is 5.11 Å². The fraction of sp³-hybridized carbons (Fsp3) is 1.00. The van der Waals surface area contributed by atoms with Crippen LogP contribution in [0.5, 0.6) is 0 Å². The first kappa shape index (κ1) is 9.95. The van der Waals surface area contributed by atoms with Crippen LogP contribution in [0.4, 0.5) is 0 Å². The molecule has 0 aromatic carbocycles. The summed E-state index contributed by atoms with van der Waals surface area (Å²) in [7, 11) is -3.20. The summed E-state index contributed by atoms with van der Waals surface area (Å²) in [4.78, 5) is 0. The largest absolute Gasteiger partial charge is 0.391 e. The first-order valence-electron chi connectivity index (χ1n) is 4.12. The van der Waals surface area contributed by atoms with Crippen LogP contribution in [0.25, 0.3) is 0 Å². The molecular weight excluding hydrogens is 178 g/mol. The van der Waals surface area contributed by atoms with Gasteiger partial charge in [-0.2, -0.15) is 0 Å². The zero-order chi connectivity index (χ0) is 9.35. The Morgan fingerprint density at radius 3 is 2.25 bits per heavy atom. The van der Waals surface area contributed by atoms with Crippen LogP contribution in [-0.2, 0) is 10.0 Å². The van der Waals surface area contributed by atoms with Crippen LogP contribution in [0, 0.1) is 0 Å². The van der Waals surface area contributed by atoms with Crippen molar-refractivity contribution in [3.05, 3.63) is 0 Å². The monoisotopic (exact) mass is 193 g/mol. The van der Waals surface area contributed by atoms with Gasteiger partial charge in [0, 0.05) is 6.04 Å². The minimum Gasteiger partial charge on any atom is -0.391 e. The SMILES string of the molecule is CC(C)S(=O)(=O)NC1CCC1O. The molecule has 1 aliphatic carbocycles. The van der Waals surface area contributed by atoms with Crippen molar-refractivity contribution in [2.45, 2.75) is 44.1 Å². The van der Waals surface area contributed by atoms with Crippen molar-refractivity contribution in [2.24, 2.45) is 0 Å². The lowest BCUT2D eigenvalue weighted by Gasteiger charge is -2.33. The summed E-state index contributed by atoms with van der Waals surface area (Å²) in [5.74, 6) is 0. The molecule has 1 rings (SSSR count). The Labute approximate surface area is 73.0 Å². The van der Waals surface area contributed by atoms with Crippen molar-refractivity contribution in [3.63, 3.8) is 0 Å². The highest BCUT2D eigenvalue weighted by atomic mass is 32.2. The van der Waals surface area contributed by atoms with Gasteiger partial charge < -0.3 is 5.11 Å². The third-order valence-electron chi connectivity index (χ3n) is 2.17. The Morgan fingerprint density at radius 2 is 2.00 bits per heavy atom. The van der Waals surface area contributed by atoms with Gasteiger partial charge in [-0.3, -0.25) is 0 Å². The topological polar surface area (TPSA) is 66.4 Å². The van der Waals surface area contributed by atoms with Gasteiger partial charge in [0.25, 0.3) is 0 Å². The third kappa shape index (κ3) is 1.97. The van der Waals surface area contributed by atoms with Crippen LogP contribution < -0.4 is 4.72 Å². The third-order valence-corrected chi connectivity index (χ3v) is 4.05. The number of hydrogen-bond acceptors (Lipinski definition) is 3. The van der Waals surface area contributed by atoms with E-state index in [-0.39, 0.29) is 6.04 Å². The molecule has 0 spiro atoms. The molecule has 0 radical (unpaired) electrons. The van der Waals surface area contributed by atoms with E-state index in [0.29, 0.717) is 6.42 Å². The molecule has 0 aromatic rings. The highest BCUT2D eigenvalue weighted by Crippen LogP contribution is 2.20. The lowest BCUT2D eigenvalue weighted by Crippen LogP contribution is -2.51. The fourth-order valence-electron chi connectivity index (χ4n) is 0.967. The number of hydrogen-bond donors (Lipinski definition) is 2. The first-order valence-corrected chi connectivity index (χ1v) is 5.67. The quantitative estimate of drug-likeness (QED) is 0.654. The van der Waals surface area contributed by atoms with Crippen molar-refractivity contribution < 1.29 is 13.5 Å². The predicted molar refractivity (Wildman–Crippen MR) is 46.2 cm³/mol. The van der Waals surface area contributed by atoms with Gasteiger partial charge in [-0.1, -0.05) is 0 Å². The molecule has 1 fully saturated rings. The highest BCUT2D eigenvalue weighted by molar-refractivity contribution is 7.90. The van der Waals surface area contributed by atoms with Crippen molar-refractivity contribution >= 4 is 10.0 Å². The van der Waals surface area contributed by atoms with Gasteiger partial charge in [-0.25, -0.2) is 13.1 Å². The molecule has 4 nitrogen and oxygen atoms in total. The fourth-order valence-corrected chi connectivity index (χ4v) is 1.94. The Balaban J connectivity index is 2.51. The van der Waals surface area contributed by atoms with E-state index in [1.807, 2.05) is 0 Å². The Kier molecular flexibility index (Phi) is 2.75. The maximum Gasteiger partial charge on any atom is 0.214 e. The van der Waals surface area contributed by atoms with E-state index in [1.54, 1.807) is 13.8 Å². The molecule has 1 aliphatic rings. The standard InChI is InChI=1S/C7H15NO3S/c1-5(2)12(10,11)8-6-3-4-7(6)9/h5-9H,3-4H2,1-2H3. The van der Waals surface area contributed by atoms with E-state index in [2.05, 4.69) is 4.72 Å². The van der Waals surface area contributed by atoms with Crippen LogP contribution in [-0.4, -0.2) is 30.9 Å². The molecule has 72 valence electrons. The summed E-state index contributed by atoms with van der Waals surface area (Å²) in [6, 6.07) is -0.252. The first-order chi connectivity index (χ1) is 5.43. The van der Waals surface area contributed by atoms with Crippen molar-refractivity contribution in [1.29, 1.82) is 0 Å². The Bertz CT molecular complexity index is 247. The van der Waals surface area contributed by atoms with Crippen molar-refractivity contribution in [1.82, 2.24) is 4.72 Å². The molecule has 2 atom stereocenters. The average Bonchev–Trinajstić information content (AvgIpc) is 1.97. The van der Waals surface area contributed by atoms with Gasteiger partial charge in [0.2, 0.25) is 10.0 Å². The molecule has 2 unspecified atom stereocenters. The summed E-state index contributed by atoms with van der Waals surface area (Å²) < 4.78 is 25.0. The summed E-state index contributed by atoms with van der Waals surface area (Å²) in [5, 5.41) is 8.70. The average molecular weight is 193 g/mol. The zero-order valence-corrected chi connectivity index (χ0v) is 8.13. The molecule has 0 heterocycles. The van der Waals surface area contributed by atoms with Gasteiger partial charge in [-0.05, 0) is 26.7 Å². The minimum absolute atomic E-state index is 0.252. The Hall–Kier alpha value is -0.130. The van der Waals surface area contributed by atoms with Crippen LogP contribution in [0.1, 0.15) is 26.7 Å². The van der Waals surface area contributed by atoms with E-state index in [1.165, 1.54) is 0 Å². The van der Waals surface area contributed by atoms with Gasteiger partial charge in [0.15, 0.2) is 0 Å². The predicted octanol–water partition coefficient (Wildman–Crippen LogP) is -0.163. The molecule has 0 bridgehead atoms. The summed E-state index contributed by atoms with van der Waals surface area (Å²) in [5.41, 5.74) is 0. The second-order valence-corrected chi connectivity index (χ2v) is 5.73. The maximum absolute atomic E-state index is 11.3. The second-order valence-electron chi connectivity index (χ2n) is 3.46. The molecule has 0 aromatic heterocycles. The lowest BCUT2D eigenvalue weighted by atomic mass is 9.90. The summed E-state index contributed by atoms with van der Waals surface area (Å²) in [6.07, 6.45) is 0.955. The van der Waals surface area contributed by atoms with Crippen LogP contribution in [0.2, 0.25) is 0 Å². The second kappa shape index (κ2) is 3.32. The molecule has 0 amide bonds. The number of rotatable bonds is 3. The Morgan fingerprint density at radius 1 is 1.42 bits per heavy atom. The van der Waals surface area contributed by atoms with Crippen LogP contribution >= 0.6 is 0 Å². The minimum atomic E-state index is -3.20. The molecule has 1 saturated carbocycles. The van der Waals surface area contributed by atoms with Gasteiger partial charge in [-0.15, -0.1) is 0 Å². The molecular formula is C7H15NO3S. The van der Waals surface area contributed by atoms with Gasteiger partial charge in [0.1, 0.15) is 0 Å². The van der Waals surface area contributed by atoms with E-state index >= 15 is 0 Å². The van der Waals surface area contributed by atoms with Gasteiger partial charge >= 0.3 is 0 Å². The molecule has 5 heteroatoms. The van der Waals surface area contributed by atoms with Crippen LogP contribution in [0.3, 0.4) is 0 Å². The molecule has 2 N–H and O–H groups in total. The summed E-state index contributed by atoms with van der Waals surface area (Å²) in [6.45, 7) is 3.24. The molecule has 0 saturated heterocycles. The van der Waals surface area contributed by atoms with Crippen molar-refractivity contribution in [2.75, 3.05) is 0 Å². The maximum atomic E-state index is 11.3. The van der Waals surface area contributed by atoms with E-state index in [0.717, 1.165) is 6.42 Å². The number of nitrogens with one attached hydrogen (secondary N) is 1.